The van der Waals surface area contributed by atoms with Crippen molar-refractivity contribution >= 4 is 27.3 Å². The van der Waals surface area contributed by atoms with Crippen molar-refractivity contribution in [2.75, 3.05) is 39.4 Å². The van der Waals surface area contributed by atoms with Gasteiger partial charge in [0.25, 0.3) is 0 Å². The molecule has 1 aromatic heterocycles. The molecular weight excluding hydrogens is 450 g/mol. The van der Waals surface area contributed by atoms with Gasteiger partial charge in [0.2, 0.25) is 15.9 Å². The van der Waals surface area contributed by atoms with E-state index >= 15 is 0 Å². The van der Waals surface area contributed by atoms with E-state index in [1.54, 1.807) is 17.4 Å². The lowest BCUT2D eigenvalue weighted by Gasteiger charge is -2.29. The van der Waals surface area contributed by atoms with Gasteiger partial charge in [-0.1, -0.05) is 13.8 Å². The van der Waals surface area contributed by atoms with Gasteiger partial charge in [-0.05, 0) is 47.6 Å². The number of nitrogens with zero attached hydrogens (tertiary/aromatic N) is 1. The van der Waals surface area contributed by atoms with Gasteiger partial charge in [0.05, 0.1) is 24.2 Å². The highest BCUT2D eigenvalue weighted by molar-refractivity contribution is 7.89. The first-order chi connectivity index (χ1) is 15.4. The van der Waals surface area contributed by atoms with Crippen molar-refractivity contribution in [3.05, 3.63) is 40.6 Å². The Bertz CT molecular complexity index is 975. The van der Waals surface area contributed by atoms with Crippen LogP contribution in [0.5, 0.6) is 11.5 Å². The van der Waals surface area contributed by atoms with Crippen molar-refractivity contribution in [1.29, 1.82) is 0 Å². The maximum Gasteiger partial charge on any atom is 0.240 e. The SMILES string of the molecule is CCN(CC)C(CNC(=O)CCNS(=O)(=O)c1ccc2c(c1)OCCCO2)c1ccsc1. The first-order valence-electron chi connectivity index (χ1n) is 10.9. The summed E-state index contributed by atoms with van der Waals surface area (Å²) in [5.74, 6) is 0.756. The molecule has 0 fully saturated rings. The zero-order chi connectivity index (χ0) is 23.0. The maximum atomic E-state index is 12.6. The van der Waals surface area contributed by atoms with Gasteiger partial charge in [-0.2, -0.15) is 11.3 Å². The molecule has 176 valence electrons. The lowest BCUT2D eigenvalue weighted by molar-refractivity contribution is -0.121. The van der Waals surface area contributed by atoms with Gasteiger partial charge in [-0.3, -0.25) is 9.69 Å². The Morgan fingerprint density at radius 3 is 2.59 bits per heavy atom. The third-order valence-electron chi connectivity index (χ3n) is 5.35. The van der Waals surface area contributed by atoms with Crippen molar-refractivity contribution < 1.29 is 22.7 Å². The number of carbonyl (C=O) groups excluding carboxylic acids is 1. The van der Waals surface area contributed by atoms with Gasteiger partial charge in [0.1, 0.15) is 0 Å². The molecule has 1 aliphatic rings. The summed E-state index contributed by atoms with van der Waals surface area (Å²) in [7, 11) is -3.76. The van der Waals surface area contributed by atoms with Crippen LogP contribution >= 0.6 is 11.3 Å². The number of hydrogen-bond donors (Lipinski definition) is 2. The summed E-state index contributed by atoms with van der Waals surface area (Å²) in [6, 6.07) is 6.70. The van der Waals surface area contributed by atoms with Crippen LogP contribution in [-0.4, -0.2) is 58.6 Å². The number of likely N-dealkylation sites (N-methyl/N-ethyl adjacent to an activating group) is 1. The number of thiophene rings is 1. The summed E-state index contributed by atoms with van der Waals surface area (Å²) in [6.45, 7) is 7.45. The minimum Gasteiger partial charge on any atom is -0.490 e. The molecule has 1 unspecified atom stereocenters. The number of hydrogen-bond acceptors (Lipinski definition) is 7. The highest BCUT2D eigenvalue weighted by Gasteiger charge is 2.21. The molecule has 0 spiro atoms. The van der Waals surface area contributed by atoms with Gasteiger partial charge in [0, 0.05) is 32.0 Å². The van der Waals surface area contributed by atoms with Gasteiger partial charge < -0.3 is 14.8 Å². The zero-order valence-electron chi connectivity index (χ0n) is 18.5. The summed E-state index contributed by atoms with van der Waals surface area (Å²) in [6.07, 6.45) is 0.796. The van der Waals surface area contributed by atoms with Crippen LogP contribution in [0.1, 0.15) is 38.3 Å². The second-order valence-electron chi connectivity index (χ2n) is 7.40. The minimum atomic E-state index is -3.76. The first-order valence-corrected chi connectivity index (χ1v) is 13.3. The lowest BCUT2D eigenvalue weighted by Crippen LogP contribution is -2.38. The number of carbonyl (C=O) groups is 1. The number of ether oxygens (including phenoxy) is 2. The molecule has 0 bridgehead atoms. The molecule has 0 saturated carbocycles. The van der Waals surface area contributed by atoms with E-state index in [1.807, 2.05) is 5.38 Å². The third kappa shape index (κ3) is 6.44. The molecular formula is C22H31N3O5S2. The van der Waals surface area contributed by atoms with E-state index in [0.717, 1.165) is 19.5 Å². The van der Waals surface area contributed by atoms with Gasteiger partial charge >= 0.3 is 0 Å². The number of sulfonamides is 1. The van der Waals surface area contributed by atoms with Crippen LogP contribution in [0.4, 0.5) is 0 Å². The second-order valence-corrected chi connectivity index (χ2v) is 9.95. The Morgan fingerprint density at radius 2 is 1.91 bits per heavy atom. The highest BCUT2D eigenvalue weighted by Crippen LogP contribution is 2.31. The molecule has 0 aliphatic carbocycles. The van der Waals surface area contributed by atoms with Crippen LogP contribution in [0.15, 0.2) is 39.9 Å². The van der Waals surface area contributed by atoms with E-state index in [1.165, 1.54) is 17.7 Å². The predicted octanol–water partition coefficient (Wildman–Crippen LogP) is 2.78. The monoisotopic (exact) mass is 481 g/mol. The molecule has 8 nitrogen and oxygen atoms in total. The number of nitrogens with one attached hydrogen (secondary N) is 2. The molecule has 1 aromatic carbocycles. The second kappa shape index (κ2) is 11.6. The van der Waals surface area contributed by atoms with E-state index in [2.05, 4.69) is 40.2 Å². The van der Waals surface area contributed by atoms with Crippen LogP contribution in [0.2, 0.25) is 0 Å². The summed E-state index contributed by atoms with van der Waals surface area (Å²) in [4.78, 5) is 14.7. The molecule has 1 amide bonds. The molecule has 2 heterocycles. The number of amides is 1. The quantitative estimate of drug-likeness (QED) is 0.512. The lowest BCUT2D eigenvalue weighted by atomic mass is 10.1. The average Bonchev–Trinajstić information content (AvgIpc) is 3.21. The minimum absolute atomic E-state index is 0.0109. The number of benzene rings is 1. The molecule has 1 atom stereocenters. The highest BCUT2D eigenvalue weighted by atomic mass is 32.2. The molecule has 0 saturated heterocycles. The Labute approximate surface area is 194 Å². The van der Waals surface area contributed by atoms with E-state index in [4.69, 9.17) is 9.47 Å². The average molecular weight is 482 g/mol. The van der Waals surface area contributed by atoms with Crippen molar-refractivity contribution in [1.82, 2.24) is 14.9 Å². The van der Waals surface area contributed by atoms with Crippen LogP contribution in [-0.2, 0) is 14.8 Å². The van der Waals surface area contributed by atoms with Crippen LogP contribution in [0.25, 0.3) is 0 Å². The molecule has 2 aromatic rings. The molecule has 2 N–H and O–H groups in total. The first kappa shape index (κ1) is 24.5. The fraction of sp³-hybridized carbons (Fsp3) is 0.500. The van der Waals surface area contributed by atoms with Gasteiger partial charge in [-0.15, -0.1) is 0 Å². The van der Waals surface area contributed by atoms with Crippen molar-refractivity contribution in [2.45, 2.75) is 37.6 Å². The molecule has 3 rings (SSSR count). The van der Waals surface area contributed by atoms with Gasteiger partial charge in [-0.25, -0.2) is 13.1 Å². The third-order valence-corrected chi connectivity index (χ3v) is 7.51. The van der Waals surface area contributed by atoms with E-state index in [9.17, 15) is 13.2 Å². The molecule has 32 heavy (non-hydrogen) atoms. The molecule has 10 heteroatoms. The van der Waals surface area contributed by atoms with Gasteiger partial charge in [0.15, 0.2) is 11.5 Å². The standard InChI is InChI=1S/C22H31N3O5S2/c1-3-25(4-2)19(17-9-13-31-16-17)15-23-22(26)8-10-24-32(27,28)18-6-7-20-21(14-18)30-12-5-11-29-20/h6-7,9,13-14,16,19,24H,3-5,8,10-12,15H2,1-2H3,(H,23,26). The van der Waals surface area contributed by atoms with E-state index in [-0.39, 0.29) is 29.8 Å². The fourth-order valence-electron chi connectivity index (χ4n) is 3.58. The summed E-state index contributed by atoms with van der Waals surface area (Å²) in [5, 5.41) is 7.07. The zero-order valence-corrected chi connectivity index (χ0v) is 20.1. The largest absolute Gasteiger partial charge is 0.490 e. The normalized spacial score (nSPS) is 14.7. The Kier molecular flexibility index (Phi) is 8.92. The van der Waals surface area contributed by atoms with E-state index < -0.39 is 10.0 Å². The maximum absolute atomic E-state index is 12.6. The predicted molar refractivity (Wildman–Crippen MR) is 125 cm³/mol. The van der Waals surface area contributed by atoms with Crippen molar-refractivity contribution in [2.24, 2.45) is 0 Å². The topological polar surface area (TPSA) is 97.0 Å². The van der Waals surface area contributed by atoms with E-state index in [0.29, 0.717) is 31.3 Å². The fourth-order valence-corrected chi connectivity index (χ4v) is 5.33. The van der Waals surface area contributed by atoms with Crippen LogP contribution in [0.3, 0.4) is 0 Å². The Morgan fingerprint density at radius 1 is 1.16 bits per heavy atom. The Hall–Kier alpha value is -2.14. The van der Waals surface area contributed by atoms with Crippen LogP contribution < -0.4 is 19.5 Å². The van der Waals surface area contributed by atoms with Crippen molar-refractivity contribution in [3.63, 3.8) is 0 Å². The number of rotatable bonds is 11. The smallest absolute Gasteiger partial charge is 0.240 e. The van der Waals surface area contributed by atoms with Crippen molar-refractivity contribution in [3.8, 4) is 11.5 Å². The molecule has 0 radical (unpaired) electrons. The summed E-state index contributed by atoms with van der Waals surface area (Å²) in [5.41, 5.74) is 1.18. The van der Waals surface area contributed by atoms with Crippen LogP contribution in [0, 0.1) is 0 Å². The Balaban J connectivity index is 1.52. The summed E-state index contributed by atoms with van der Waals surface area (Å²) >= 11 is 1.63. The summed E-state index contributed by atoms with van der Waals surface area (Å²) < 4.78 is 38.9. The number of fused-ring (bicyclic) bond motifs is 1. The molecule has 1 aliphatic heterocycles.